The topological polar surface area (TPSA) is 119 Å². The van der Waals surface area contributed by atoms with Crippen molar-refractivity contribution in [2.24, 2.45) is 0 Å². The first-order valence-corrected chi connectivity index (χ1v) is 4.55. The van der Waals surface area contributed by atoms with Gasteiger partial charge in [0.1, 0.15) is 24.4 Å². The van der Waals surface area contributed by atoms with E-state index in [0.29, 0.717) is 0 Å². The zero-order chi connectivity index (χ0) is 11.6. The molecule has 15 heavy (non-hydrogen) atoms. The monoisotopic (exact) mass is 221 g/mol. The number of aliphatic hydroxyl groups is 4. The fourth-order valence-corrected chi connectivity index (χ4v) is 1.49. The summed E-state index contributed by atoms with van der Waals surface area (Å²) in [5.74, 6) is -0.462. The van der Waals surface area contributed by atoms with Crippen LogP contribution in [0, 0.1) is 0 Å². The molecule has 0 bridgehead atoms. The summed E-state index contributed by atoms with van der Waals surface area (Å²) in [5.41, 5.74) is 0. The second-order valence-corrected chi connectivity index (χ2v) is 3.46. The van der Waals surface area contributed by atoms with Crippen LogP contribution >= 0.6 is 0 Å². The Hall–Kier alpha value is -0.730. The van der Waals surface area contributed by atoms with Crippen LogP contribution in [0.5, 0.6) is 0 Å². The van der Waals surface area contributed by atoms with Crippen LogP contribution in [0.1, 0.15) is 6.92 Å². The molecule has 1 amide bonds. The lowest BCUT2D eigenvalue weighted by Gasteiger charge is -2.40. The summed E-state index contributed by atoms with van der Waals surface area (Å²) in [6, 6.07) is -1.10. The number of carbonyl (C=O) groups is 1. The number of hydrogen-bond donors (Lipinski definition) is 5. The van der Waals surface area contributed by atoms with E-state index in [2.05, 4.69) is 5.32 Å². The molecule has 1 aliphatic heterocycles. The Morgan fingerprint density at radius 3 is 2.40 bits per heavy atom. The van der Waals surface area contributed by atoms with Crippen LogP contribution in [-0.2, 0) is 9.53 Å². The van der Waals surface area contributed by atoms with Gasteiger partial charge < -0.3 is 30.5 Å². The van der Waals surface area contributed by atoms with E-state index < -0.39 is 43.2 Å². The standard InChI is InChI=1S/C8H15NO6/c1-3(11)9-5-7(13)6(12)4(2-10)15-8(5)14/h4-8,10,12-14H,2H2,1H3,(H,9,11)/t4?,5?,6-,7+,8-/m1/s1. The molecule has 1 saturated heterocycles. The largest absolute Gasteiger partial charge is 0.394 e. The number of carbonyl (C=O) groups excluding carboxylic acids is 1. The Morgan fingerprint density at radius 1 is 1.33 bits per heavy atom. The van der Waals surface area contributed by atoms with Gasteiger partial charge in [0, 0.05) is 6.92 Å². The van der Waals surface area contributed by atoms with E-state index in [1.165, 1.54) is 6.92 Å². The smallest absolute Gasteiger partial charge is 0.217 e. The minimum absolute atomic E-state index is 0.462. The van der Waals surface area contributed by atoms with Crippen molar-refractivity contribution in [2.75, 3.05) is 6.61 Å². The molecule has 0 aromatic carbocycles. The lowest BCUT2D eigenvalue weighted by molar-refractivity contribution is -0.253. The van der Waals surface area contributed by atoms with E-state index in [4.69, 9.17) is 9.84 Å². The summed E-state index contributed by atoms with van der Waals surface area (Å²) in [6.07, 6.45) is -5.24. The second-order valence-electron chi connectivity index (χ2n) is 3.46. The maximum Gasteiger partial charge on any atom is 0.217 e. The Balaban J connectivity index is 2.70. The molecule has 1 fully saturated rings. The highest BCUT2D eigenvalue weighted by atomic mass is 16.6. The molecule has 0 aromatic rings. The first-order valence-electron chi connectivity index (χ1n) is 4.55. The van der Waals surface area contributed by atoms with E-state index >= 15 is 0 Å². The molecule has 7 heteroatoms. The van der Waals surface area contributed by atoms with E-state index in [-0.39, 0.29) is 0 Å². The van der Waals surface area contributed by atoms with Gasteiger partial charge in [-0.25, -0.2) is 0 Å². The molecule has 0 spiro atoms. The average Bonchev–Trinajstić information content (AvgIpc) is 2.18. The lowest BCUT2D eigenvalue weighted by atomic mass is 9.97. The van der Waals surface area contributed by atoms with Gasteiger partial charge in [-0.15, -0.1) is 0 Å². The van der Waals surface area contributed by atoms with Crippen molar-refractivity contribution in [2.45, 2.75) is 37.6 Å². The van der Waals surface area contributed by atoms with Gasteiger partial charge in [0.15, 0.2) is 6.29 Å². The summed E-state index contributed by atoms with van der Waals surface area (Å²) in [6.45, 7) is 0.687. The minimum Gasteiger partial charge on any atom is -0.394 e. The van der Waals surface area contributed by atoms with E-state index in [0.717, 1.165) is 0 Å². The summed E-state index contributed by atoms with van der Waals surface area (Å²) in [5, 5.41) is 39.4. The fraction of sp³-hybridized carbons (Fsp3) is 0.875. The van der Waals surface area contributed by atoms with Crippen molar-refractivity contribution in [3.8, 4) is 0 Å². The number of rotatable bonds is 2. The number of ether oxygens (including phenoxy) is 1. The number of amides is 1. The Bertz CT molecular complexity index is 235. The van der Waals surface area contributed by atoms with Gasteiger partial charge in [0.25, 0.3) is 0 Å². The quantitative estimate of drug-likeness (QED) is 0.337. The fourth-order valence-electron chi connectivity index (χ4n) is 1.49. The molecule has 7 nitrogen and oxygen atoms in total. The van der Waals surface area contributed by atoms with Gasteiger partial charge in [-0.3, -0.25) is 4.79 Å². The summed E-state index contributed by atoms with van der Waals surface area (Å²) in [4.78, 5) is 10.7. The third kappa shape index (κ3) is 2.64. The van der Waals surface area contributed by atoms with Crippen LogP contribution < -0.4 is 5.32 Å². The predicted octanol–water partition coefficient (Wildman–Crippen LogP) is -3.08. The molecular formula is C8H15NO6. The Kier molecular flexibility index (Phi) is 4.00. The molecule has 2 unspecified atom stereocenters. The average molecular weight is 221 g/mol. The third-order valence-corrected chi connectivity index (χ3v) is 2.27. The second kappa shape index (κ2) is 4.86. The summed E-state index contributed by atoms with van der Waals surface area (Å²) >= 11 is 0. The third-order valence-electron chi connectivity index (χ3n) is 2.27. The van der Waals surface area contributed by atoms with Gasteiger partial charge in [0.2, 0.25) is 5.91 Å². The van der Waals surface area contributed by atoms with E-state index in [9.17, 15) is 20.1 Å². The summed E-state index contributed by atoms with van der Waals surface area (Å²) in [7, 11) is 0. The van der Waals surface area contributed by atoms with E-state index in [1.54, 1.807) is 0 Å². The number of hydrogen-bond acceptors (Lipinski definition) is 6. The highest BCUT2D eigenvalue weighted by Crippen LogP contribution is 2.19. The molecule has 0 aliphatic carbocycles. The van der Waals surface area contributed by atoms with Gasteiger partial charge in [-0.05, 0) is 0 Å². The van der Waals surface area contributed by atoms with Crippen molar-refractivity contribution in [1.29, 1.82) is 0 Å². The maximum absolute atomic E-state index is 10.7. The molecule has 1 aliphatic rings. The molecule has 0 radical (unpaired) electrons. The first kappa shape index (κ1) is 12.3. The molecule has 5 atom stereocenters. The van der Waals surface area contributed by atoms with Crippen molar-refractivity contribution in [3.05, 3.63) is 0 Å². The number of aliphatic hydroxyl groups excluding tert-OH is 4. The SMILES string of the molecule is CC(=O)NC1[C@H](O)OC(CO)[C@@H](O)[C@H]1O. The van der Waals surface area contributed by atoms with Crippen LogP contribution in [0.4, 0.5) is 0 Å². The van der Waals surface area contributed by atoms with Crippen molar-refractivity contribution in [1.82, 2.24) is 5.32 Å². The van der Waals surface area contributed by atoms with Crippen LogP contribution in [0.25, 0.3) is 0 Å². The molecule has 1 heterocycles. The van der Waals surface area contributed by atoms with Crippen LogP contribution in [0.3, 0.4) is 0 Å². The molecular weight excluding hydrogens is 206 g/mol. The van der Waals surface area contributed by atoms with Gasteiger partial charge in [0.05, 0.1) is 6.61 Å². The normalized spacial score (nSPS) is 41.3. The van der Waals surface area contributed by atoms with Crippen molar-refractivity contribution in [3.63, 3.8) is 0 Å². The predicted molar refractivity (Wildman–Crippen MR) is 47.6 cm³/mol. The summed E-state index contributed by atoms with van der Waals surface area (Å²) < 4.78 is 4.81. The van der Waals surface area contributed by atoms with Crippen molar-refractivity contribution >= 4 is 5.91 Å². The lowest BCUT2D eigenvalue weighted by Crippen LogP contribution is -2.63. The minimum atomic E-state index is -1.45. The van der Waals surface area contributed by atoms with Crippen LogP contribution in [-0.4, -0.2) is 63.6 Å². The highest BCUT2D eigenvalue weighted by molar-refractivity contribution is 5.73. The maximum atomic E-state index is 10.7. The van der Waals surface area contributed by atoms with Gasteiger partial charge >= 0.3 is 0 Å². The van der Waals surface area contributed by atoms with Crippen LogP contribution in [0.15, 0.2) is 0 Å². The molecule has 88 valence electrons. The molecule has 0 aromatic heterocycles. The Morgan fingerprint density at radius 2 is 1.93 bits per heavy atom. The van der Waals surface area contributed by atoms with E-state index in [1.807, 2.05) is 0 Å². The van der Waals surface area contributed by atoms with Gasteiger partial charge in [-0.2, -0.15) is 0 Å². The van der Waals surface area contributed by atoms with Crippen LogP contribution in [0.2, 0.25) is 0 Å². The zero-order valence-corrected chi connectivity index (χ0v) is 8.20. The zero-order valence-electron chi connectivity index (χ0n) is 8.20. The molecule has 5 N–H and O–H groups in total. The van der Waals surface area contributed by atoms with Gasteiger partial charge in [-0.1, -0.05) is 0 Å². The molecule has 1 rings (SSSR count). The van der Waals surface area contributed by atoms with Crippen molar-refractivity contribution < 1.29 is 30.0 Å². The first-order chi connectivity index (χ1) is 6.97. The Labute approximate surface area is 86.3 Å². The highest BCUT2D eigenvalue weighted by Gasteiger charge is 2.43. The number of nitrogens with one attached hydrogen (secondary N) is 1. The molecule has 0 saturated carbocycles.